The number of ether oxygens (including phenoxy) is 3. The highest BCUT2D eigenvalue weighted by Crippen LogP contribution is 2.32. The Labute approximate surface area is 165 Å². The van der Waals surface area contributed by atoms with Crippen LogP contribution in [0.25, 0.3) is 11.5 Å². The van der Waals surface area contributed by atoms with Crippen molar-refractivity contribution in [1.29, 1.82) is 0 Å². The first-order valence-electron chi connectivity index (χ1n) is 8.51. The van der Waals surface area contributed by atoms with Gasteiger partial charge in [-0.2, -0.15) is 0 Å². The first-order chi connectivity index (χ1) is 13.7. The Kier molecular flexibility index (Phi) is 5.34. The Balaban J connectivity index is 1.34. The van der Waals surface area contributed by atoms with Crippen molar-refractivity contribution < 1.29 is 23.4 Å². The summed E-state index contributed by atoms with van der Waals surface area (Å²) < 4.78 is 21.8. The maximum absolute atomic E-state index is 12.2. The number of anilines is 1. The van der Waals surface area contributed by atoms with Gasteiger partial charge in [0.15, 0.2) is 11.5 Å². The number of carbonyl (C=O) groups is 1. The summed E-state index contributed by atoms with van der Waals surface area (Å²) in [5, 5.41) is 11.1. The maximum atomic E-state index is 12.2. The minimum absolute atomic E-state index is 0.133. The predicted molar refractivity (Wildman–Crippen MR) is 103 cm³/mol. The molecule has 1 amide bonds. The summed E-state index contributed by atoms with van der Waals surface area (Å²) in [7, 11) is 1.59. The first-order valence-corrected chi connectivity index (χ1v) is 9.50. The van der Waals surface area contributed by atoms with E-state index in [2.05, 4.69) is 15.5 Å². The highest BCUT2D eigenvalue weighted by atomic mass is 32.2. The molecule has 0 spiro atoms. The Morgan fingerprint density at radius 3 is 2.86 bits per heavy atom. The summed E-state index contributed by atoms with van der Waals surface area (Å²) in [5.41, 5.74) is 1.39. The van der Waals surface area contributed by atoms with E-state index in [1.807, 2.05) is 18.2 Å². The Hall–Kier alpha value is -3.20. The minimum atomic E-state index is -0.192. The van der Waals surface area contributed by atoms with Crippen LogP contribution < -0.4 is 19.5 Å². The average Bonchev–Trinajstić information content (AvgIpc) is 3.21. The number of hydrogen-bond acceptors (Lipinski definition) is 8. The van der Waals surface area contributed by atoms with Crippen molar-refractivity contribution in [3.8, 4) is 28.7 Å². The molecule has 0 unspecified atom stereocenters. The van der Waals surface area contributed by atoms with E-state index in [0.29, 0.717) is 47.3 Å². The van der Waals surface area contributed by atoms with E-state index in [-0.39, 0.29) is 11.7 Å². The molecular formula is C19H17N3O5S. The number of nitrogens with one attached hydrogen (secondary N) is 1. The van der Waals surface area contributed by atoms with Gasteiger partial charge in [0.2, 0.25) is 11.8 Å². The summed E-state index contributed by atoms with van der Waals surface area (Å²) in [5.74, 6) is 2.31. The highest BCUT2D eigenvalue weighted by molar-refractivity contribution is 7.99. The van der Waals surface area contributed by atoms with Gasteiger partial charge in [0.25, 0.3) is 5.22 Å². The lowest BCUT2D eigenvalue weighted by Crippen LogP contribution is -2.17. The smallest absolute Gasteiger partial charge is 0.277 e. The number of aromatic nitrogens is 2. The summed E-state index contributed by atoms with van der Waals surface area (Å²) in [6, 6.07) is 12.6. The fourth-order valence-corrected chi connectivity index (χ4v) is 3.15. The number of amides is 1. The SMILES string of the molecule is COc1cccc(-c2nnc(SCC(=O)Nc3ccc4c(c3)OCCO4)o2)c1. The molecule has 1 N–H and O–H groups in total. The lowest BCUT2D eigenvalue weighted by atomic mass is 10.2. The topological polar surface area (TPSA) is 95.7 Å². The molecule has 28 heavy (non-hydrogen) atoms. The molecule has 0 atom stereocenters. The number of hydrogen-bond donors (Lipinski definition) is 1. The van der Waals surface area contributed by atoms with Crippen LogP contribution in [0.2, 0.25) is 0 Å². The molecule has 144 valence electrons. The van der Waals surface area contributed by atoms with E-state index in [1.165, 1.54) is 0 Å². The molecule has 0 radical (unpaired) electrons. The number of fused-ring (bicyclic) bond motifs is 1. The molecule has 0 aliphatic carbocycles. The summed E-state index contributed by atoms with van der Waals surface area (Å²) in [6.07, 6.45) is 0. The monoisotopic (exact) mass is 399 g/mol. The van der Waals surface area contributed by atoms with Crippen molar-refractivity contribution in [2.24, 2.45) is 0 Å². The van der Waals surface area contributed by atoms with E-state index in [0.717, 1.165) is 17.3 Å². The van der Waals surface area contributed by atoms with Gasteiger partial charge in [-0.05, 0) is 30.3 Å². The quantitative estimate of drug-likeness (QED) is 0.631. The predicted octanol–water partition coefficient (Wildman–Crippen LogP) is 3.25. The molecule has 2 heterocycles. The molecule has 3 aromatic rings. The van der Waals surface area contributed by atoms with Crippen LogP contribution in [0.1, 0.15) is 0 Å². The highest BCUT2D eigenvalue weighted by Gasteiger charge is 2.14. The minimum Gasteiger partial charge on any atom is -0.497 e. The van der Waals surface area contributed by atoms with Gasteiger partial charge in [-0.25, -0.2) is 0 Å². The van der Waals surface area contributed by atoms with Gasteiger partial charge in [0, 0.05) is 17.3 Å². The molecule has 1 aromatic heterocycles. The van der Waals surface area contributed by atoms with Gasteiger partial charge in [-0.1, -0.05) is 17.8 Å². The molecule has 0 saturated heterocycles. The van der Waals surface area contributed by atoms with Gasteiger partial charge >= 0.3 is 0 Å². The van der Waals surface area contributed by atoms with Crippen LogP contribution in [0.4, 0.5) is 5.69 Å². The molecule has 2 aromatic carbocycles. The lowest BCUT2D eigenvalue weighted by molar-refractivity contribution is -0.113. The summed E-state index contributed by atoms with van der Waals surface area (Å²) in [4.78, 5) is 12.2. The third kappa shape index (κ3) is 4.20. The number of thioether (sulfide) groups is 1. The molecule has 4 rings (SSSR count). The van der Waals surface area contributed by atoms with E-state index >= 15 is 0 Å². The van der Waals surface area contributed by atoms with Crippen LogP contribution in [0.5, 0.6) is 17.2 Å². The molecule has 1 aliphatic heterocycles. The van der Waals surface area contributed by atoms with E-state index in [1.54, 1.807) is 31.4 Å². The van der Waals surface area contributed by atoms with E-state index < -0.39 is 0 Å². The summed E-state index contributed by atoms with van der Waals surface area (Å²) >= 11 is 1.16. The number of rotatable bonds is 6. The zero-order valence-corrected chi connectivity index (χ0v) is 15.8. The number of nitrogens with zero attached hydrogens (tertiary/aromatic N) is 2. The summed E-state index contributed by atoms with van der Waals surface area (Å²) in [6.45, 7) is 1.02. The average molecular weight is 399 g/mol. The third-order valence-electron chi connectivity index (χ3n) is 3.88. The molecule has 9 heteroatoms. The molecule has 0 bridgehead atoms. The molecule has 1 aliphatic rings. The number of methoxy groups -OCH3 is 1. The van der Waals surface area contributed by atoms with Gasteiger partial charge in [0.05, 0.1) is 12.9 Å². The number of carbonyl (C=O) groups excluding carboxylic acids is 1. The standard InChI is InChI=1S/C19H17N3O5S/c1-24-14-4-2-3-12(9-14)18-21-22-19(27-18)28-11-17(23)20-13-5-6-15-16(10-13)26-8-7-25-15/h2-6,9-10H,7-8,11H2,1H3,(H,20,23). The van der Waals surface area contributed by atoms with Crippen molar-refractivity contribution >= 4 is 23.4 Å². The van der Waals surface area contributed by atoms with Gasteiger partial charge in [-0.3, -0.25) is 4.79 Å². The van der Waals surface area contributed by atoms with Crippen LogP contribution in [0, 0.1) is 0 Å². The van der Waals surface area contributed by atoms with Gasteiger partial charge < -0.3 is 23.9 Å². The lowest BCUT2D eigenvalue weighted by Gasteiger charge is -2.18. The molecular weight excluding hydrogens is 382 g/mol. The second kappa shape index (κ2) is 8.22. The van der Waals surface area contributed by atoms with Crippen molar-refractivity contribution in [3.63, 3.8) is 0 Å². The zero-order chi connectivity index (χ0) is 19.3. The maximum Gasteiger partial charge on any atom is 0.277 e. The van der Waals surface area contributed by atoms with E-state index in [9.17, 15) is 4.79 Å². The fourth-order valence-electron chi connectivity index (χ4n) is 2.59. The van der Waals surface area contributed by atoms with Crippen LogP contribution in [0.3, 0.4) is 0 Å². The fraction of sp³-hybridized carbons (Fsp3) is 0.211. The Morgan fingerprint density at radius 1 is 1.14 bits per heavy atom. The normalized spacial score (nSPS) is 12.5. The van der Waals surface area contributed by atoms with Gasteiger partial charge in [0.1, 0.15) is 19.0 Å². The Morgan fingerprint density at radius 2 is 2.00 bits per heavy atom. The van der Waals surface area contributed by atoms with Crippen molar-refractivity contribution in [2.45, 2.75) is 5.22 Å². The van der Waals surface area contributed by atoms with Crippen LogP contribution in [-0.2, 0) is 4.79 Å². The second-order valence-corrected chi connectivity index (χ2v) is 6.73. The van der Waals surface area contributed by atoms with Crippen LogP contribution in [-0.4, -0.2) is 42.2 Å². The van der Waals surface area contributed by atoms with Crippen molar-refractivity contribution in [1.82, 2.24) is 10.2 Å². The molecule has 0 saturated carbocycles. The van der Waals surface area contributed by atoms with Crippen LogP contribution in [0.15, 0.2) is 52.1 Å². The molecule has 8 nitrogen and oxygen atoms in total. The number of benzene rings is 2. The zero-order valence-electron chi connectivity index (χ0n) is 15.0. The van der Waals surface area contributed by atoms with Crippen molar-refractivity contribution in [2.75, 3.05) is 31.4 Å². The third-order valence-corrected chi connectivity index (χ3v) is 4.69. The Bertz CT molecular complexity index is 991. The molecule has 0 fully saturated rings. The van der Waals surface area contributed by atoms with Gasteiger partial charge in [-0.15, -0.1) is 10.2 Å². The first kappa shape index (κ1) is 18.2. The van der Waals surface area contributed by atoms with E-state index in [4.69, 9.17) is 18.6 Å². The van der Waals surface area contributed by atoms with Crippen LogP contribution >= 0.6 is 11.8 Å². The largest absolute Gasteiger partial charge is 0.497 e. The van der Waals surface area contributed by atoms with Crippen molar-refractivity contribution in [3.05, 3.63) is 42.5 Å². The second-order valence-electron chi connectivity index (χ2n) is 5.80.